The number of likely N-dealkylation sites (tertiary alicyclic amines) is 1. The zero-order valence-electron chi connectivity index (χ0n) is 13.0. The first-order valence-corrected chi connectivity index (χ1v) is 9.22. The molecule has 2 atom stereocenters. The summed E-state index contributed by atoms with van der Waals surface area (Å²) in [7, 11) is -1.90. The summed E-state index contributed by atoms with van der Waals surface area (Å²) in [6, 6.07) is 0.0713. The van der Waals surface area contributed by atoms with E-state index in [9.17, 15) is 13.2 Å². The van der Waals surface area contributed by atoms with Gasteiger partial charge in [-0.3, -0.25) is 4.79 Å². The fraction of sp³-hybridized carbons (Fsp3) is 0.923. The minimum absolute atomic E-state index is 0.0416. The van der Waals surface area contributed by atoms with Crippen LogP contribution in [0, 0.1) is 0 Å². The van der Waals surface area contributed by atoms with Gasteiger partial charge in [0.05, 0.1) is 31.6 Å². The fourth-order valence-corrected chi connectivity index (χ4v) is 3.30. The number of carbonyl (C=O) groups excluding carboxylic acids is 1. The molecule has 1 amide bonds. The van der Waals surface area contributed by atoms with Gasteiger partial charge in [-0.2, -0.15) is 4.31 Å². The Morgan fingerprint density at radius 2 is 2.10 bits per heavy atom. The maximum atomic E-state index is 12.4. The van der Waals surface area contributed by atoms with Crippen LogP contribution in [0.4, 0.5) is 0 Å². The summed E-state index contributed by atoms with van der Waals surface area (Å²) in [5, 5.41) is 0. The molecule has 8 heteroatoms. The molecule has 0 aromatic rings. The number of likely N-dealkylation sites (N-methyl/N-ethyl adjacent to an activating group) is 2. The van der Waals surface area contributed by atoms with Crippen LogP contribution in [0.15, 0.2) is 0 Å². The van der Waals surface area contributed by atoms with Crippen molar-refractivity contribution in [3.8, 4) is 0 Å². The molecular formula is C13H25N3O4S. The highest BCUT2D eigenvalue weighted by Gasteiger charge is 2.39. The van der Waals surface area contributed by atoms with Gasteiger partial charge in [0, 0.05) is 26.7 Å². The minimum Gasteiger partial charge on any atom is -0.373 e. The normalized spacial score (nSPS) is 27.7. The first-order valence-electron chi connectivity index (χ1n) is 7.37. The van der Waals surface area contributed by atoms with Crippen molar-refractivity contribution in [2.75, 3.05) is 52.6 Å². The molecule has 0 saturated carbocycles. The Balaban J connectivity index is 2.01. The summed E-state index contributed by atoms with van der Waals surface area (Å²) in [6.07, 6.45) is 2.04. The van der Waals surface area contributed by atoms with Gasteiger partial charge in [0.1, 0.15) is 0 Å². The number of morpholine rings is 1. The van der Waals surface area contributed by atoms with E-state index in [1.807, 2.05) is 4.90 Å². The molecule has 0 bridgehead atoms. The Labute approximate surface area is 126 Å². The lowest BCUT2D eigenvalue weighted by Crippen LogP contribution is -2.61. The smallest absolute Gasteiger partial charge is 0.238 e. The quantitative estimate of drug-likeness (QED) is 0.678. The molecule has 0 spiro atoms. The predicted molar refractivity (Wildman–Crippen MR) is 79.4 cm³/mol. The molecule has 2 aliphatic rings. The Hall–Kier alpha value is -0.700. The van der Waals surface area contributed by atoms with Crippen molar-refractivity contribution in [2.24, 2.45) is 0 Å². The molecule has 2 saturated heterocycles. The Bertz CT molecular complexity index is 482. The van der Waals surface area contributed by atoms with Gasteiger partial charge in [0.25, 0.3) is 0 Å². The second-order valence-corrected chi connectivity index (χ2v) is 7.85. The average Bonchev–Trinajstić information content (AvgIpc) is 2.44. The molecule has 2 aliphatic heterocycles. The van der Waals surface area contributed by atoms with E-state index in [2.05, 4.69) is 11.8 Å². The third kappa shape index (κ3) is 3.94. The van der Waals surface area contributed by atoms with Crippen LogP contribution in [0.5, 0.6) is 0 Å². The number of piperidine rings is 1. The lowest BCUT2D eigenvalue weighted by atomic mass is 9.98. The maximum absolute atomic E-state index is 12.4. The topological polar surface area (TPSA) is 70.2 Å². The standard InChI is InChI=1S/C13H25N3O4S/c1-4-15-6-5-11-12(9-15)20-8-7-16(11)13(17)10-14(2)21(3,18)19/h11-12H,4-10H2,1-3H3. The van der Waals surface area contributed by atoms with E-state index < -0.39 is 10.0 Å². The van der Waals surface area contributed by atoms with Gasteiger partial charge >= 0.3 is 0 Å². The molecule has 2 unspecified atom stereocenters. The van der Waals surface area contributed by atoms with Gasteiger partial charge in [0.2, 0.25) is 15.9 Å². The number of ether oxygens (including phenoxy) is 1. The van der Waals surface area contributed by atoms with Crippen molar-refractivity contribution in [3.05, 3.63) is 0 Å². The molecular weight excluding hydrogens is 294 g/mol. The van der Waals surface area contributed by atoms with Crippen LogP contribution in [-0.2, 0) is 19.6 Å². The summed E-state index contributed by atoms with van der Waals surface area (Å²) < 4.78 is 29.8. The van der Waals surface area contributed by atoms with Crippen molar-refractivity contribution in [1.82, 2.24) is 14.1 Å². The van der Waals surface area contributed by atoms with Crippen molar-refractivity contribution in [1.29, 1.82) is 0 Å². The second kappa shape index (κ2) is 6.60. The summed E-state index contributed by atoms with van der Waals surface area (Å²) in [6.45, 7) is 5.86. The molecule has 0 aromatic heterocycles. The highest BCUT2D eigenvalue weighted by Crippen LogP contribution is 2.23. The molecule has 2 rings (SSSR count). The number of rotatable bonds is 4. The molecule has 2 heterocycles. The third-order valence-electron chi connectivity index (χ3n) is 4.36. The molecule has 2 fully saturated rings. The second-order valence-electron chi connectivity index (χ2n) is 5.76. The van der Waals surface area contributed by atoms with E-state index in [0.29, 0.717) is 13.2 Å². The van der Waals surface area contributed by atoms with Crippen molar-refractivity contribution in [2.45, 2.75) is 25.5 Å². The fourth-order valence-electron chi connectivity index (χ4n) is 2.95. The van der Waals surface area contributed by atoms with Crippen LogP contribution in [-0.4, -0.2) is 93.2 Å². The lowest BCUT2D eigenvalue weighted by Gasteiger charge is -2.46. The molecule has 122 valence electrons. The molecule has 0 aromatic carbocycles. The third-order valence-corrected chi connectivity index (χ3v) is 5.63. The van der Waals surface area contributed by atoms with Crippen molar-refractivity contribution < 1.29 is 17.9 Å². The van der Waals surface area contributed by atoms with E-state index >= 15 is 0 Å². The summed E-state index contributed by atoms with van der Waals surface area (Å²) in [4.78, 5) is 16.5. The van der Waals surface area contributed by atoms with E-state index in [4.69, 9.17) is 4.74 Å². The van der Waals surface area contributed by atoms with Gasteiger partial charge < -0.3 is 14.5 Å². The van der Waals surface area contributed by atoms with Crippen LogP contribution in [0.25, 0.3) is 0 Å². The van der Waals surface area contributed by atoms with E-state index in [-0.39, 0.29) is 24.6 Å². The van der Waals surface area contributed by atoms with Gasteiger partial charge in [-0.05, 0) is 13.0 Å². The molecule has 0 N–H and O–H groups in total. The summed E-state index contributed by atoms with van der Waals surface area (Å²) >= 11 is 0. The van der Waals surface area contributed by atoms with Gasteiger partial charge in [-0.15, -0.1) is 0 Å². The first-order chi connectivity index (χ1) is 9.82. The van der Waals surface area contributed by atoms with Crippen LogP contribution >= 0.6 is 0 Å². The number of hydrogen-bond donors (Lipinski definition) is 0. The molecule has 0 aliphatic carbocycles. The van der Waals surface area contributed by atoms with E-state index in [0.717, 1.165) is 36.6 Å². The SMILES string of the molecule is CCN1CCC2C(C1)OCCN2C(=O)CN(C)S(C)(=O)=O. The zero-order chi connectivity index (χ0) is 15.6. The van der Waals surface area contributed by atoms with Gasteiger partial charge in [0.15, 0.2) is 0 Å². The Morgan fingerprint density at radius 1 is 1.38 bits per heavy atom. The molecule has 0 radical (unpaired) electrons. The van der Waals surface area contributed by atoms with Crippen LogP contribution in [0.1, 0.15) is 13.3 Å². The van der Waals surface area contributed by atoms with Crippen LogP contribution in [0.2, 0.25) is 0 Å². The number of nitrogens with zero attached hydrogens (tertiary/aromatic N) is 3. The van der Waals surface area contributed by atoms with Crippen molar-refractivity contribution in [3.63, 3.8) is 0 Å². The number of carbonyl (C=O) groups is 1. The van der Waals surface area contributed by atoms with Crippen molar-refractivity contribution >= 4 is 15.9 Å². The largest absolute Gasteiger partial charge is 0.373 e. The minimum atomic E-state index is -3.33. The average molecular weight is 319 g/mol. The number of fused-ring (bicyclic) bond motifs is 1. The number of amides is 1. The molecule has 21 heavy (non-hydrogen) atoms. The Morgan fingerprint density at radius 3 is 2.71 bits per heavy atom. The predicted octanol–water partition coefficient (Wildman–Crippen LogP) is -0.801. The summed E-state index contributed by atoms with van der Waals surface area (Å²) in [5.74, 6) is -0.133. The lowest BCUT2D eigenvalue weighted by molar-refractivity contribution is -0.152. The van der Waals surface area contributed by atoms with E-state index in [1.54, 1.807) is 0 Å². The van der Waals surface area contributed by atoms with Crippen LogP contribution < -0.4 is 0 Å². The molecule has 7 nitrogen and oxygen atoms in total. The highest BCUT2D eigenvalue weighted by molar-refractivity contribution is 7.88. The number of hydrogen-bond acceptors (Lipinski definition) is 5. The summed E-state index contributed by atoms with van der Waals surface area (Å²) in [5.41, 5.74) is 0. The monoisotopic (exact) mass is 319 g/mol. The van der Waals surface area contributed by atoms with Gasteiger partial charge in [-0.25, -0.2) is 8.42 Å². The maximum Gasteiger partial charge on any atom is 0.238 e. The highest BCUT2D eigenvalue weighted by atomic mass is 32.2. The van der Waals surface area contributed by atoms with Gasteiger partial charge in [-0.1, -0.05) is 6.92 Å². The first kappa shape index (κ1) is 16.7. The Kier molecular flexibility index (Phi) is 5.24. The van der Waals surface area contributed by atoms with Crippen LogP contribution in [0.3, 0.4) is 0 Å². The van der Waals surface area contributed by atoms with E-state index in [1.165, 1.54) is 7.05 Å². The zero-order valence-corrected chi connectivity index (χ0v) is 13.8. The number of sulfonamides is 1.